The van der Waals surface area contributed by atoms with E-state index in [4.69, 9.17) is 0 Å². The number of benzene rings is 1. The first-order valence-electron chi connectivity index (χ1n) is 5.63. The van der Waals surface area contributed by atoms with E-state index in [0.717, 1.165) is 11.1 Å². The molecule has 1 aromatic carbocycles. The Kier molecular flexibility index (Phi) is 4.51. The van der Waals surface area contributed by atoms with Crippen LogP contribution < -0.4 is 0 Å². The first-order chi connectivity index (χ1) is 8.26. The van der Waals surface area contributed by atoms with Gasteiger partial charge in [-0.25, -0.2) is 8.42 Å². The largest absolute Gasteiger partial charge is 0.468 e. The van der Waals surface area contributed by atoms with E-state index in [-0.39, 0.29) is 5.75 Å². The van der Waals surface area contributed by atoms with Gasteiger partial charge in [-0.2, -0.15) is 0 Å². The predicted molar refractivity (Wildman–Crippen MR) is 70.0 cm³/mol. The van der Waals surface area contributed by atoms with Crippen molar-refractivity contribution in [3.8, 4) is 0 Å². The minimum atomic E-state index is -3.53. The highest BCUT2D eigenvalue weighted by molar-refractivity contribution is 7.92. The summed E-state index contributed by atoms with van der Waals surface area (Å²) in [6.07, 6.45) is 0. The molecule has 0 fully saturated rings. The lowest BCUT2D eigenvalue weighted by molar-refractivity contribution is -0.139. The molecule has 0 aromatic heterocycles. The summed E-state index contributed by atoms with van der Waals surface area (Å²) in [4.78, 5) is 11.3. The number of hydrogen-bond donors (Lipinski definition) is 0. The van der Waals surface area contributed by atoms with E-state index in [1.54, 1.807) is 0 Å². The normalized spacial score (nSPS) is 13.1. The Morgan fingerprint density at radius 1 is 1.22 bits per heavy atom. The second-order valence-corrected chi connectivity index (χ2v) is 6.79. The number of carbonyl (C=O) groups is 1. The topological polar surface area (TPSA) is 60.4 Å². The van der Waals surface area contributed by atoms with Crippen LogP contribution in [0.3, 0.4) is 0 Å². The van der Waals surface area contributed by atoms with Crippen molar-refractivity contribution < 1.29 is 17.9 Å². The lowest BCUT2D eigenvalue weighted by Gasteiger charge is -2.11. The second-order valence-electron chi connectivity index (χ2n) is 4.47. The second kappa shape index (κ2) is 5.52. The number of carbonyl (C=O) groups excluding carboxylic acids is 1. The molecule has 1 atom stereocenters. The molecule has 0 saturated carbocycles. The average molecular weight is 270 g/mol. The van der Waals surface area contributed by atoms with E-state index in [0.29, 0.717) is 5.56 Å². The molecule has 0 aliphatic carbocycles. The van der Waals surface area contributed by atoms with Gasteiger partial charge in [0.05, 0.1) is 12.9 Å². The third-order valence-corrected chi connectivity index (χ3v) is 4.73. The molecule has 18 heavy (non-hydrogen) atoms. The maximum Gasteiger partial charge on any atom is 0.323 e. The van der Waals surface area contributed by atoms with Crippen molar-refractivity contribution in [3.05, 3.63) is 34.9 Å². The summed E-state index contributed by atoms with van der Waals surface area (Å²) in [6.45, 7) is 5.17. The molecule has 0 amide bonds. The Morgan fingerprint density at radius 3 is 2.17 bits per heavy atom. The third kappa shape index (κ3) is 3.57. The Bertz CT molecular complexity index is 526. The number of esters is 1. The number of hydrogen-bond acceptors (Lipinski definition) is 4. The molecule has 1 rings (SSSR count). The van der Waals surface area contributed by atoms with E-state index in [1.807, 2.05) is 32.0 Å². The summed E-state index contributed by atoms with van der Waals surface area (Å²) in [7, 11) is -2.35. The maximum atomic E-state index is 12.0. The Hall–Kier alpha value is -1.36. The Morgan fingerprint density at radius 2 is 1.72 bits per heavy atom. The van der Waals surface area contributed by atoms with E-state index < -0.39 is 21.1 Å². The molecule has 100 valence electrons. The fourth-order valence-electron chi connectivity index (χ4n) is 1.82. The van der Waals surface area contributed by atoms with Crippen molar-refractivity contribution in [1.82, 2.24) is 0 Å². The summed E-state index contributed by atoms with van der Waals surface area (Å²) in [5, 5.41) is -1.14. The zero-order valence-corrected chi connectivity index (χ0v) is 11.9. The van der Waals surface area contributed by atoms with E-state index in [1.165, 1.54) is 14.0 Å². The van der Waals surface area contributed by atoms with Crippen LogP contribution in [-0.4, -0.2) is 26.7 Å². The summed E-state index contributed by atoms with van der Waals surface area (Å²) in [6, 6.07) is 5.60. The number of methoxy groups -OCH3 is 1. The summed E-state index contributed by atoms with van der Waals surface area (Å²) in [5.74, 6) is -0.870. The van der Waals surface area contributed by atoms with E-state index in [2.05, 4.69) is 4.74 Å². The molecule has 0 N–H and O–H groups in total. The molecule has 0 bridgehead atoms. The van der Waals surface area contributed by atoms with Gasteiger partial charge in [0.25, 0.3) is 0 Å². The molecule has 0 spiro atoms. The molecular weight excluding hydrogens is 252 g/mol. The lowest BCUT2D eigenvalue weighted by atomic mass is 10.1. The van der Waals surface area contributed by atoms with Gasteiger partial charge in [0.15, 0.2) is 15.1 Å². The molecule has 0 aliphatic heterocycles. The fraction of sp³-hybridized carbons (Fsp3) is 0.462. The van der Waals surface area contributed by atoms with Crippen molar-refractivity contribution in [2.45, 2.75) is 31.8 Å². The SMILES string of the molecule is COC(=O)C(C)S(=O)(=O)Cc1cc(C)cc(C)c1. The van der Waals surface area contributed by atoms with Crippen LogP contribution in [0.4, 0.5) is 0 Å². The van der Waals surface area contributed by atoms with Gasteiger partial charge in [0, 0.05) is 0 Å². The van der Waals surface area contributed by atoms with Crippen molar-refractivity contribution in [1.29, 1.82) is 0 Å². The maximum absolute atomic E-state index is 12.0. The van der Waals surface area contributed by atoms with Gasteiger partial charge in [-0.15, -0.1) is 0 Å². The highest BCUT2D eigenvalue weighted by Crippen LogP contribution is 2.15. The fourth-order valence-corrected chi connectivity index (χ4v) is 3.09. The molecule has 0 saturated heterocycles. The van der Waals surface area contributed by atoms with Gasteiger partial charge in [-0.1, -0.05) is 29.3 Å². The summed E-state index contributed by atoms with van der Waals surface area (Å²) >= 11 is 0. The van der Waals surface area contributed by atoms with Crippen molar-refractivity contribution in [3.63, 3.8) is 0 Å². The number of aryl methyl sites for hydroxylation is 2. The number of rotatable bonds is 4. The first-order valence-corrected chi connectivity index (χ1v) is 7.34. The van der Waals surface area contributed by atoms with Crippen molar-refractivity contribution in [2.24, 2.45) is 0 Å². The molecule has 4 nitrogen and oxygen atoms in total. The average Bonchev–Trinajstić information content (AvgIpc) is 2.24. The van der Waals surface area contributed by atoms with Gasteiger partial charge in [-0.05, 0) is 26.3 Å². The minimum absolute atomic E-state index is 0.147. The zero-order valence-electron chi connectivity index (χ0n) is 11.1. The minimum Gasteiger partial charge on any atom is -0.468 e. The van der Waals surface area contributed by atoms with Crippen molar-refractivity contribution >= 4 is 15.8 Å². The van der Waals surface area contributed by atoms with Crippen molar-refractivity contribution in [2.75, 3.05) is 7.11 Å². The van der Waals surface area contributed by atoms with Crippen LogP contribution in [0.2, 0.25) is 0 Å². The summed E-state index contributed by atoms with van der Waals surface area (Å²) < 4.78 is 28.5. The van der Waals surface area contributed by atoms with E-state index >= 15 is 0 Å². The standard InChI is InChI=1S/C13H18O4S/c1-9-5-10(2)7-12(6-9)8-18(15,16)11(3)13(14)17-4/h5-7,11H,8H2,1-4H3. The Balaban J connectivity index is 2.99. The zero-order chi connectivity index (χ0) is 13.9. The van der Waals surface area contributed by atoms with Crippen LogP contribution in [0.1, 0.15) is 23.6 Å². The van der Waals surface area contributed by atoms with Gasteiger partial charge in [-0.3, -0.25) is 4.79 Å². The molecule has 0 aliphatic rings. The van der Waals surface area contributed by atoms with Gasteiger partial charge in [0.2, 0.25) is 0 Å². The van der Waals surface area contributed by atoms with Crippen LogP contribution >= 0.6 is 0 Å². The molecule has 1 aromatic rings. The molecule has 0 radical (unpaired) electrons. The Labute approximate surface area is 108 Å². The van der Waals surface area contributed by atoms with Crippen LogP contribution in [0.25, 0.3) is 0 Å². The van der Waals surface area contributed by atoms with Crippen LogP contribution in [0, 0.1) is 13.8 Å². The monoisotopic (exact) mass is 270 g/mol. The first kappa shape index (κ1) is 14.7. The lowest BCUT2D eigenvalue weighted by Crippen LogP contribution is -2.29. The third-order valence-electron chi connectivity index (χ3n) is 2.72. The summed E-state index contributed by atoms with van der Waals surface area (Å²) in [5.41, 5.74) is 2.71. The smallest absolute Gasteiger partial charge is 0.323 e. The predicted octanol–water partition coefficient (Wildman–Crippen LogP) is 1.78. The van der Waals surface area contributed by atoms with Crippen LogP contribution in [0.5, 0.6) is 0 Å². The molecule has 1 unspecified atom stereocenters. The molecule has 0 heterocycles. The quantitative estimate of drug-likeness (QED) is 0.782. The number of ether oxygens (including phenoxy) is 1. The van der Waals surface area contributed by atoms with E-state index in [9.17, 15) is 13.2 Å². The highest BCUT2D eigenvalue weighted by atomic mass is 32.2. The molecule has 5 heteroatoms. The van der Waals surface area contributed by atoms with Gasteiger partial charge >= 0.3 is 5.97 Å². The van der Waals surface area contributed by atoms with Gasteiger partial charge in [0.1, 0.15) is 0 Å². The van der Waals surface area contributed by atoms with Crippen LogP contribution in [0.15, 0.2) is 18.2 Å². The molecular formula is C13H18O4S. The highest BCUT2D eigenvalue weighted by Gasteiger charge is 2.28. The number of sulfone groups is 1. The van der Waals surface area contributed by atoms with Gasteiger partial charge < -0.3 is 4.74 Å². The van der Waals surface area contributed by atoms with Crippen LogP contribution in [-0.2, 0) is 25.1 Å².